The molecule has 22 heavy (non-hydrogen) atoms. The van der Waals surface area contributed by atoms with E-state index in [-0.39, 0.29) is 0 Å². The smallest absolute Gasteiger partial charge is 0.0383 e. The Morgan fingerprint density at radius 1 is 0.545 bits per heavy atom. The fraction of sp³-hybridized carbons (Fsp3) is 1.00. The molecule has 0 atom stereocenters. The number of unbranched alkanes of at least 4 members (excludes halogenated alkanes) is 8. The van der Waals surface area contributed by atoms with Crippen LogP contribution >= 0.6 is 0 Å². The van der Waals surface area contributed by atoms with Crippen molar-refractivity contribution in [1.29, 1.82) is 0 Å². The summed E-state index contributed by atoms with van der Waals surface area (Å²) in [5.41, 5.74) is 0.531. The molecular formula is C22H46. The first-order valence-electron chi connectivity index (χ1n) is 10.5. The summed E-state index contributed by atoms with van der Waals surface area (Å²) in [7, 11) is 0. The zero-order valence-corrected chi connectivity index (χ0v) is 16.7. The minimum atomic E-state index is 0.531. The second kappa shape index (κ2) is 14.6. The highest BCUT2D eigenvalue weighted by molar-refractivity contribution is 4.63. The Kier molecular flexibility index (Phi) is 14.6. The second-order valence-electron chi connectivity index (χ2n) is 8.72. The van der Waals surface area contributed by atoms with E-state index in [4.69, 9.17) is 0 Å². The molecule has 0 aliphatic rings. The van der Waals surface area contributed by atoms with Crippen LogP contribution in [0, 0.1) is 11.3 Å². The van der Waals surface area contributed by atoms with Gasteiger partial charge in [0.05, 0.1) is 0 Å². The van der Waals surface area contributed by atoms with Gasteiger partial charge in [-0.15, -0.1) is 0 Å². The summed E-state index contributed by atoms with van der Waals surface area (Å²) < 4.78 is 0. The van der Waals surface area contributed by atoms with E-state index >= 15 is 0 Å². The first-order valence-corrected chi connectivity index (χ1v) is 10.5. The van der Waals surface area contributed by atoms with Crippen molar-refractivity contribution < 1.29 is 0 Å². The molecule has 0 rings (SSSR count). The summed E-state index contributed by atoms with van der Waals surface area (Å²) in [5, 5.41) is 0. The van der Waals surface area contributed by atoms with Crippen molar-refractivity contribution in [2.24, 2.45) is 11.3 Å². The van der Waals surface area contributed by atoms with Gasteiger partial charge in [-0.2, -0.15) is 0 Å². The fourth-order valence-corrected chi connectivity index (χ4v) is 3.42. The lowest BCUT2D eigenvalue weighted by atomic mass is 9.88. The van der Waals surface area contributed by atoms with Gasteiger partial charge in [-0.1, -0.05) is 125 Å². The van der Waals surface area contributed by atoms with Crippen molar-refractivity contribution in [2.75, 3.05) is 0 Å². The van der Waals surface area contributed by atoms with Gasteiger partial charge in [-0.25, -0.2) is 0 Å². The van der Waals surface area contributed by atoms with Gasteiger partial charge in [0.25, 0.3) is 0 Å². The predicted molar refractivity (Wildman–Crippen MR) is 104 cm³/mol. The topological polar surface area (TPSA) is 0 Å². The van der Waals surface area contributed by atoms with Crippen LogP contribution in [0.15, 0.2) is 0 Å². The van der Waals surface area contributed by atoms with Crippen molar-refractivity contribution in [3.63, 3.8) is 0 Å². The van der Waals surface area contributed by atoms with Crippen molar-refractivity contribution in [1.82, 2.24) is 0 Å². The monoisotopic (exact) mass is 310 g/mol. The Hall–Kier alpha value is 0. The number of hydrogen-bond acceptors (Lipinski definition) is 0. The van der Waals surface area contributed by atoms with Gasteiger partial charge in [-0.05, 0) is 17.8 Å². The minimum Gasteiger partial charge on any atom is -0.0654 e. The molecule has 0 radical (unpaired) electrons. The lowest BCUT2D eigenvalue weighted by molar-refractivity contribution is 0.350. The third-order valence-electron chi connectivity index (χ3n) is 4.97. The average Bonchev–Trinajstić information content (AvgIpc) is 2.45. The average molecular weight is 311 g/mol. The second-order valence-corrected chi connectivity index (χ2v) is 8.72. The number of rotatable bonds is 15. The van der Waals surface area contributed by atoms with E-state index in [0.717, 1.165) is 5.92 Å². The van der Waals surface area contributed by atoms with E-state index in [9.17, 15) is 0 Å². The quantitative estimate of drug-likeness (QED) is 0.266. The predicted octanol–water partition coefficient (Wildman–Crippen LogP) is 8.54. The van der Waals surface area contributed by atoms with E-state index in [0.29, 0.717) is 5.41 Å². The molecular weight excluding hydrogens is 264 g/mol. The van der Waals surface area contributed by atoms with E-state index < -0.39 is 0 Å². The molecule has 0 nitrogen and oxygen atoms in total. The van der Waals surface area contributed by atoms with Crippen LogP contribution in [0.1, 0.15) is 131 Å². The molecule has 0 N–H and O–H groups in total. The first-order chi connectivity index (χ1) is 10.5. The molecule has 0 unspecified atom stereocenters. The first kappa shape index (κ1) is 22.0. The Morgan fingerprint density at radius 3 is 1.41 bits per heavy atom. The van der Waals surface area contributed by atoms with E-state index in [2.05, 4.69) is 34.6 Å². The maximum atomic E-state index is 2.37. The van der Waals surface area contributed by atoms with Crippen molar-refractivity contribution >= 4 is 0 Å². The van der Waals surface area contributed by atoms with Crippen LogP contribution in [0.25, 0.3) is 0 Å². The molecule has 0 aromatic carbocycles. The fourth-order valence-electron chi connectivity index (χ4n) is 3.42. The van der Waals surface area contributed by atoms with Gasteiger partial charge >= 0.3 is 0 Å². The normalized spacial score (nSPS) is 12.3. The summed E-state index contributed by atoms with van der Waals surface area (Å²) in [6.07, 6.45) is 21.8. The summed E-state index contributed by atoms with van der Waals surface area (Å²) >= 11 is 0. The van der Waals surface area contributed by atoms with Gasteiger partial charge in [0.15, 0.2) is 0 Å². The minimum absolute atomic E-state index is 0.531. The molecule has 0 aliphatic carbocycles. The largest absolute Gasteiger partial charge is 0.0654 e. The van der Waals surface area contributed by atoms with Crippen LogP contribution in [-0.2, 0) is 0 Å². The molecule has 0 amide bonds. The molecule has 0 heteroatoms. The standard InChI is InChI=1S/C22H46/c1-6-8-13-17-21(18-14-9-7-2)19-15-11-10-12-16-20-22(3,4)5/h21H,6-20H2,1-5H3. The van der Waals surface area contributed by atoms with Crippen LogP contribution in [0.5, 0.6) is 0 Å². The Bertz CT molecular complexity index is 201. The third kappa shape index (κ3) is 16.4. The lowest BCUT2D eigenvalue weighted by Crippen LogP contribution is -2.04. The van der Waals surface area contributed by atoms with E-state index in [1.807, 2.05) is 0 Å². The van der Waals surface area contributed by atoms with E-state index in [1.54, 1.807) is 0 Å². The maximum Gasteiger partial charge on any atom is -0.0383 e. The molecule has 0 aliphatic heterocycles. The number of hydrogen-bond donors (Lipinski definition) is 0. The molecule has 0 heterocycles. The third-order valence-corrected chi connectivity index (χ3v) is 4.97. The molecule has 0 spiro atoms. The lowest BCUT2D eigenvalue weighted by Gasteiger charge is -2.18. The van der Waals surface area contributed by atoms with Gasteiger partial charge in [-0.3, -0.25) is 0 Å². The highest BCUT2D eigenvalue weighted by Gasteiger charge is 2.10. The summed E-state index contributed by atoms with van der Waals surface area (Å²) in [6, 6.07) is 0. The molecule has 134 valence electrons. The van der Waals surface area contributed by atoms with Gasteiger partial charge in [0, 0.05) is 0 Å². The molecule has 0 saturated heterocycles. The summed E-state index contributed by atoms with van der Waals surface area (Å²) in [6.45, 7) is 11.7. The van der Waals surface area contributed by atoms with Crippen LogP contribution in [-0.4, -0.2) is 0 Å². The summed E-state index contributed by atoms with van der Waals surface area (Å²) in [5.74, 6) is 1.03. The van der Waals surface area contributed by atoms with Crippen LogP contribution in [0.3, 0.4) is 0 Å². The van der Waals surface area contributed by atoms with Crippen LogP contribution in [0.4, 0.5) is 0 Å². The molecule has 0 bridgehead atoms. The highest BCUT2D eigenvalue weighted by Crippen LogP contribution is 2.25. The summed E-state index contributed by atoms with van der Waals surface area (Å²) in [4.78, 5) is 0. The van der Waals surface area contributed by atoms with E-state index in [1.165, 1.54) is 96.3 Å². The molecule has 0 saturated carbocycles. The van der Waals surface area contributed by atoms with Crippen LogP contribution in [0.2, 0.25) is 0 Å². The van der Waals surface area contributed by atoms with Crippen molar-refractivity contribution in [3.8, 4) is 0 Å². The molecule has 0 fully saturated rings. The van der Waals surface area contributed by atoms with Crippen molar-refractivity contribution in [3.05, 3.63) is 0 Å². The zero-order valence-electron chi connectivity index (χ0n) is 16.7. The Morgan fingerprint density at radius 2 is 0.955 bits per heavy atom. The van der Waals surface area contributed by atoms with Crippen LogP contribution < -0.4 is 0 Å². The SMILES string of the molecule is CCCCCC(CCCCC)CCCCCCCC(C)(C)C. The van der Waals surface area contributed by atoms with Crippen molar-refractivity contribution in [2.45, 2.75) is 131 Å². The molecule has 0 aromatic heterocycles. The van der Waals surface area contributed by atoms with Gasteiger partial charge < -0.3 is 0 Å². The van der Waals surface area contributed by atoms with Gasteiger partial charge in [0.2, 0.25) is 0 Å². The van der Waals surface area contributed by atoms with Gasteiger partial charge in [0.1, 0.15) is 0 Å². The molecule has 0 aromatic rings. The Labute approximate surface area is 142 Å². The Balaban J connectivity index is 3.63. The maximum absolute atomic E-state index is 2.37. The highest BCUT2D eigenvalue weighted by atomic mass is 14.2. The zero-order chi connectivity index (χ0) is 16.7.